The third kappa shape index (κ3) is 5.46. The van der Waals surface area contributed by atoms with Crippen molar-refractivity contribution in [1.82, 2.24) is 0 Å². The van der Waals surface area contributed by atoms with Crippen molar-refractivity contribution < 1.29 is 59.4 Å². The summed E-state index contributed by atoms with van der Waals surface area (Å²) in [5.74, 6) is -1.01. The topological polar surface area (TPSA) is 188 Å². The summed E-state index contributed by atoms with van der Waals surface area (Å²) in [6.07, 6.45) is -6.71. The van der Waals surface area contributed by atoms with Crippen LogP contribution in [0.1, 0.15) is 22.6 Å². The molecule has 0 amide bonds. The SMILES string of the molecule is COc1cc2c(cc1O)[C@@H](c1cc(OC)c(O)c(OC)c1)[C@H](CO)[C@@H](CO[C@@H]1O[C@H](CO)[C@@H](O)[C@H](O)[C@H]1O)C2. The number of hydrogen-bond donors (Lipinski definition) is 7. The molecule has 0 radical (unpaired) electrons. The molecule has 0 bridgehead atoms. The Bertz CT molecular complexity index is 1110. The van der Waals surface area contributed by atoms with Crippen LogP contribution in [0.3, 0.4) is 0 Å². The summed E-state index contributed by atoms with van der Waals surface area (Å²) in [5.41, 5.74) is 2.18. The number of phenols is 2. The number of methoxy groups -OCH3 is 3. The number of benzene rings is 2. The minimum absolute atomic E-state index is 0.0284. The van der Waals surface area contributed by atoms with Gasteiger partial charge in [-0.3, -0.25) is 0 Å². The molecule has 1 heterocycles. The Morgan fingerprint density at radius 1 is 0.821 bits per heavy atom. The van der Waals surface area contributed by atoms with Crippen LogP contribution in [0.4, 0.5) is 0 Å². The lowest BCUT2D eigenvalue weighted by Gasteiger charge is -2.42. The summed E-state index contributed by atoms with van der Waals surface area (Å²) >= 11 is 0. The predicted octanol–water partition coefficient (Wildman–Crippen LogP) is -0.147. The van der Waals surface area contributed by atoms with Crippen LogP contribution < -0.4 is 14.2 Å². The second kappa shape index (κ2) is 12.1. The first-order valence-corrected chi connectivity index (χ1v) is 12.6. The third-order valence-corrected chi connectivity index (χ3v) is 7.69. The molecule has 0 spiro atoms. The van der Waals surface area contributed by atoms with Crippen LogP contribution in [-0.2, 0) is 15.9 Å². The summed E-state index contributed by atoms with van der Waals surface area (Å²) in [6, 6.07) is 6.57. The quantitative estimate of drug-likeness (QED) is 0.218. The highest BCUT2D eigenvalue weighted by atomic mass is 16.7. The molecule has 7 N–H and O–H groups in total. The fourth-order valence-electron chi connectivity index (χ4n) is 5.57. The van der Waals surface area contributed by atoms with E-state index in [0.717, 1.165) is 11.1 Å². The molecule has 12 nitrogen and oxygen atoms in total. The standard InChI is InChI=1S/C27H36O12/c1-35-18-5-12-4-14(11-38-27-26(34)25(33)24(32)21(10-29)39-27)16(9-28)22(15(12)8-17(18)30)13-6-19(36-2)23(31)20(7-13)37-3/h5-8,14,16,21-22,24-34H,4,9-11H2,1-3H3/t14-,16-,21-,22-,24-,25+,26-,27-/m1/s1. The van der Waals surface area contributed by atoms with E-state index in [1.807, 2.05) is 0 Å². The molecule has 39 heavy (non-hydrogen) atoms. The summed E-state index contributed by atoms with van der Waals surface area (Å²) in [6.45, 7) is -0.902. The van der Waals surface area contributed by atoms with Crippen LogP contribution in [0, 0.1) is 11.8 Å². The number of ether oxygens (including phenoxy) is 5. The lowest BCUT2D eigenvalue weighted by molar-refractivity contribution is -0.304. The molecular weight excluding hydrogens is 516 g/mol. The van der Waals surface area contributed by atoms with Gasteiger partial charge in [-0.15, -0.1) is 0 Å². The first kappa shape index (κ1) is 29.2. The van der Waals surface area contributed by atoms with E-state index < -0.39 is 49.1 Å². The number of aliphatic hydroxyl groups excluding tert-OH is 5. The van der Waals surface area contributed by atoms with Crippen molar-refractivity contribution in [2.24, 2.45) is 11.8 Å². The molecule has 0 aromatic heterocycles. The fraction of sp³-hybridized carbons (Fsp3) is 0.556. The van der Waals surface area contributed by atoms with Crippen LogP contribution in [0.2, 0.25) is 0 Å². The van der Waals surface area contributed by atoms with Crippen LogP contribution in [0.15, 0.2) is 24.3 Å². The zero-order valence-corrected chi connectivity index (χ0v) is 21.9. The fourth-order valence-corrected chi connectivity index (χ4v) is 5.57. The third-order valence-electron chi connectivity index (χ3n) is 7.69. The van der Waals surface area contributed by atoms with Gasteiger partial charge < -0.3 is 59.4 Å². The van der Waals surface area contributed by atoms with Crippen molar-refractivity contribution in [3.05, 3.63) is 41.0 Å². The molecule has 2 aromatic rings. The van der Waals surface area contributed by atoms with Gasteiger partial charge in [-0.05, 0) is 59.2 Å². The summed E-state index contributed by atoms with van der Waals surface area (Å²) in [4.78, 5) is 0. The zero-order chi connectivity index (χ0) is 28.4. The second-order valence-corrected chi connectivity index (χ2v) is 9.82. The van der Waals surface area contributed by atoms with E-state index in [4.69, 9.17) is 23.7 Å². The Morgan fingerprint density at radius 2 is 1.46 bits per heavy atom. The van der Waals surface area contributed by atoms with E-state index in [0.29, 0.717) is 12.0 Å². The molecule has 216 valence electrons. The summed E-state index contributed by atoms with van der Waals surface area (Å²) in [7, 11) is 4.25. The molecule has 0 saturated carbocycles. The Balaban J connectivity index is 1.73. The Morgan fingerprint density at radius 3 is 2.03 bits per heavy atom. The van der Waals surface area contributed by atoms with Gasteiger partial charge >= 0.3 is 0 Å². The Kier molecular flexibility index (Phi) is 9.07. The van der Waals surface area contributed by atoms with Gasteiger partial charge in [0.25, 0.3) is 0 Å². The molecule has 2 aromatic carbocycles. The van der Waals surface area contributed by atoms with Crippen molar-refractivity contribution in [1.29, 1.82) is 0 Å². The summed E-state index contributed by atoms with van der Waals surface area (Å²) < 4.78 is 27.4. The predicted molar refractivity (Wildman–Crippen MR) is 135 cm³/mol. The number of fused-ring (bicyclic) bond motifs is 1. The van der Waals surface area contributed by atoms with Crippen LogP contribution in [0.25, 0.3) is 0 Å². The lowest BCUT2D eigenvalue weighted by Crippen LogP contribution is -2.59. The smallest absolute Gasteiger partial charge is 0.200 e. The van der Waals surface area contributed by atoms with Crippen molar-refractivity contribution in [2.75, 3.05) is 41.2 Å². The highest BCUT2D eigenvalue weighted by molar-refractivity contribution is 5.57. The maximum absolute atomic E-state index is 10.6. The summed E-state index contributed by atoms with van der Waals surface area (Å²) in [5, 5.41) is 71.8. The molecular formula is C27H36O12. The number of aliphatic hydroxyl groups is 5. The van der Waals surface area contributed by atoms with Gasteiger partial charge in [-0.1, -0.05) is 0 Å². The molecule has 8 atom stereocenters. The first-order valence-electron chi connectivity index (χ1n) is 12.6. The average molecular weight is 553 g/mol. The lowest BCUT2D eigenvalue weighted by atomic mass is 9.66. The Hall–Kier alpha value is -2.84. The van der Waals surface area contributed by atoms with Crippen molar-refractivity contribution >= 4 is 0 Å². The average Bonchev–Trinajstić information content (AvgIpc) is 2.94. The molecule has 4 rings (SSSR count). The molecule has 2 aliphatic rings. The largest absolute Gasteiger partial charge is 0.504 e. The van der Waals surface area contributed by atoms with Crippen molar-refractivity contribution in [2.45, 2.75) is 43.0 Å². The van der Waals surface area contributed by atoms with Crippen molar-refractivity contribution in [3.63, 3.8) is 0 Å². The number of phenolic OH excluding ortho intramolecular Hbond substituents is 2. The molecule has 1 aliphatic heterocycles. The van der Waals surface area contributed by atoms with Crippen LogP contribution in [-0.4, -0.2) is 108 Å². The molecule has 1 fully saturated rings. The maximum atomic E-state index is 10.6. The van der Waals surface area contributed by atoms with Crippen molar-refractivity contribution in [3.8, 4) is 28.7 Å². The number of aromatic hydroxyl groups is 2. The highest BCUT2D eigenvalue weighted by Crippen LogP contribution is 2.50. The maximum Gasteiger partial charge on any atom is 0.200 e. The molecule has 1 aliphatic carbocycles. The second-order valence-electron chi connectivity index (χ2n) is 9.82. The first-order chi connectivity index (χ1) is 18.7. The van der Waals surface area contributed by atoms with Gasteiger partial charge in [-0.2, -0.15) is 0 Å². The minimum atomic E-state index is -1.58. The van der Waals surface area contributed by atoms with Gasteiger partial charge in [0, 0.05) is 12.5 Å². The van der Waals surface area contributed by atoms with E-state index in [2.05, 4.69) is 0 Å². The molecule has 0 unspecified atom stereocenters. The van der Waals surface area contributed by atoms with Gasteiger partial charge in [0.05, 0.1) is 34.5 Å². The van der Waals surface area contributed by atoms with Crippen LogP contribution in [0.5, 0.6) is 28.7 Å². The van der Waals surface area contributed by atoms with E-state index in [1.165, 1.54) is 21.3 Å². The van der Waals surface area contributed by atoms with E-state index in [9.17, 15) is 35.7 Å². The van der Waals surface area contributed by atoms with Crippen LogP contribution >= 0.6 is 0 Å². The van der Waals surface area contributed by atoms with Gasteiger partial charge in [0.2, 0.25) is 5.75 Å². The minimum Gasteiger partial charge on any atom is -0.504 e. The monoisotopic (exact) mass is 552 g/mol. The number of hydrogen-bond acceptors (Lipinski definition) is 12. The highest BCUT2D eigenvalue weighted by Gasteiger charge is 2.45. The van der Waals surface area contributed by atoms with Gasteiger partial charge in [0.15, 0.2) is 29.3 Å². The Labute approximate surface area is 225 Å². The molecule has 1 saturated heterocycles. The van der Waals surface area contributed by atoms with Gasteiger partial charge in [0.1, 0.15) is 24.4 Å². The van der Waals surface area contributed by atoms with Gasteiger partial charge in [-0.25, -0.2) is 0 Å². The normalized spacial score (nSPS) is 30.5. The van der Waals surface area contributed by atoms with E-state index in [-0.39, 0.29) is 47.9 Å². The number of rotatable bonds is 9. The van der Waals surface area contributed by atoms with E-state index >= 15 is 0 Å². The molecule has 12 heteroatoms. The zero-order valence-electron chi connectivity index (χ0n) is 21.9. The van der Waals surface area contributed by atoms with E-state index in [1.54, 1.807) is 24.3 Å².